The van der Waals surface area contributed by atoms with Crippen molar-refractivity contribution in [3.8, 4) is 22.3 Å². The van der Waals surface area contributed by atoms with Crippen molar-refractivity contribution in [3.05, 3.63) is 130 Å². The third-order valence-corrected chi connectivity index (χ3v) is 8.51. The Bertz CT molecular complexity index is 1750. The summed E-state index contributed by atoms with van der Waals surface area (Å²) in [5.41, 5.74) is 20.0. The van der Waals surface area contributed by atoms with E-state index in [4.69, 9.17) is 4.98 Å². The van der Waals surface area contributed by atoms with E-state index < -0.39 is 0 Å². The quantitative estimate of drug-likeness (QED) is 0.240. The number of fused-ring (bicyclic) bond motifs is 11. The molecule has 4 aliphatic rings. The third-order valence-electron chi connectivity index (χ3n) is 8.51. The van der Waals surface area contributed by atoms with Crippen LogP contribution in [0.4, 0.5) is 17.2 Å². The topological polar surface area (TPSA) is 16.1 Å². The summed E-state index contributed by atoms with van der Waals surface area (Å²) in [5, 5.41) is 0. The number of para-hydroxylation sites is 1. The highest BCUT2D eigenvalue weighted by molar-refractivity contribution is 5.96. The van der Waals surface area contributed by atoms with Crippen molar-refractivity contribution in [2.75, 3.05) is 4.90 Å². The fourth-order valence-electron chi connectivity index (χ4n) is 7.11. The molecule has 0 unspecified atom stereocenters. The lowest BCUT2D eigenvalue weighted by Crippen LogP contribution is -2.26. The Morgan fingerprint density at radius 1 is 0.543 bits per heavy atom. The van der Waals surface area contributed by atoms with Gasteiger partial charge in [0.2, 0.25) is 0 Å². The maximum Gasteiger partial charge on any atom is 0.141 e. The summed E-state index contributed by atoms with van der Waals surface area (Å²) in [6.07, 6.45) is 5.95. The largest absolute Gasteiger partial charge is 0.294 e. The highest BCUT2D eigenvalue weighted by atomic mass is 15.2. The monoisotopic (exact) mass is 446 g/mol. The summed E-state index contributed by atoms with van der Waals surface area (Å²) in [6.45, 7) is 0. The Balaban J connectivity index is 1.31. The third kappa shape index (κ3) is 2.27. The van der Waals surface area contributed by atoms with Crippen LogP contribution in [-0.2, 0) is 25.7 Å². The molecule has 0 fully saturated rings. The van der Waals surface area contributed by atoms with Crippen molar-refractivity contribution >= 4 is 17.2 Å². The van der Waals surface area contributed by atoms with Crippen molar-refractivity contribution < 1.29 is 0 Å². The average molecular weight is 447 g/mol. The van der Waals surface area contributed by atoms with E-state index in [-0.39, 0.29) is 0 Å². The molecule has 35 heavy (non-hydrogen) atoms. The molecule has 5 aromatic rings. The van der Waals surface area contributed by atoms with Gasteiger partial charge in [-0.2, -0.15) is 0 Å². The van der Waals surface area contributed by atoms with Crippen LogP contribution in [0.25, 0.3) is 22.3 Å². The van der Waals surface area contributed by atoms with E-state index in [1.54, 1.807) is 0 Å². The van der Waals surface area contributed by atoms with E-state index in [1.807, 2.05) is 6.20 Å². The first kappa shape index (κ1) is 18.2. The second-order valence-corrected chi connectivity index (χ2v) is 10.4. The molecule has 164 valence electrons. The number of pyridine rings is 1. The molecule has 0 N–H and O–H groups in total. The van der Waals surface area contributed by atoms with Gasteiger partial charge in [0.1, 0.15) is 5.82 Å². The van der Waals surface area contributed by atoms with E-state index in [9.17, 15) is 0 Å². The maximum atomic E-state index is 4.88. The molecule has 1 aromatic heterocycles. The second kappa shape index (κ2) is 6.28. The molecule has 9 rings (SSSR count). The second-order valence-electron chi connectivity index (χ2n) is 10.4. The molecule has 2 heteroatoms. The van der Waals surface area contributed by atoms with E-state index in [1.165, 1.54) is 78.1 Å². The molecule has 0 atom stereocenters. The van der Waals surface area contributed by atoms with Gasteiger partial charge in [0.15, 0.2) is 0 Å². The van der Waals surface area contributed by atoms with Gasteiger partial charge in [0.05, 0.1) is 11.4 Å². The first-order chi connectivity index (χ1) is 17.3. The van der Waals surface area contributed by atoms with Gasteiger partial charge in [-0.25, -0.2) is 4.98 Å². The normalized spacial score (nSPS) is 14.9. The maximum absolute atomic E-state index is 4.88. The van der Waals surface area contributed by atoms with Crippen LogP contribution >= 0.6 is 0 Å². The van der Waals surface area contributed by atoms with Gasteiger partial charge in [-0.05, 0) is 104 Å². The van der Waals surface area contributed by atoms with E-state index in [0.29, 0.717) is 0 Å². The van der Waals surface area contributed by atoms with Gasteiger partial charge in [0, 0.05) is 19.0 Å². The fourth-order valence-corrected chi connectivity index (χ4v) is 7.11. The molecule has 0 radical (unpaired) electrons. The SMILES string of the molecule is c1ccc2c(c1)Cc1cc3c(cc1-2)Cc1cc2c4c(c1-3)Cc1ccccc1N4c1ncccc1C2. The lowest BCUT2D eigenvalue weighted by Gasteiger charge is -2.39. The smallest absolute Gasteiger partial charge is 0.141 e. The molecule has 0 spiro atoms. The van der Waals surface area contributed by atoms with Gasteiger partial charge in [-0.1, -0.05) is 54.6 Å². The predicted molar refractivity (Wildman–Crippen MR) is 141 cm³/mol. The van der Waals surface area contributed by atoms with Crippen LogP contribution in [0.3, 0.4) is 0 Å². The van der Waals surface area contributed by atoms with Gasteiger partial charge < -0.3 is 0 Å². The van der Waals surface area contributed by atoms with Crippen LogP contribution in [0.1, 0.15) is 44.5 Å². The van der Waals surface area contributed by atoms with E-state index in [2.05, 4.69) is 83.8 Å². The molecule has 0 amide bonds. The van der Waals surface area contributed by atoms with Gasteiger partial charge >= 0.3 is 0 Å². The average Bonchev–Trinajstić information content (AvgIpc) is 3.44. The lowest BCUT2D eigenvalue weighted by atomic mass is 9.82. The van der Waals surface area contributed by atoms with Crippen LogP contribution in [0.15, 0.2) is 85.1 Å². The summed E-state index contributed by atoms with van der Waals surface area (Å²) >= 11 is 0. The molecule has 0 saturated heterocycles. The minimum atomic E-state index is 0.956. The van der Waals surface area contributed by atoms with E-state index in [0.717, 1.165) is 31.5 Å². The number of anilines is 3. The zero-order valence-corrected chi connectivity index (χ0v) is 19.3. The summed E-state index contributed by atoms with van der Waals surface area (Å²) in [6, 6.07) is 29.6. The van der Waals surface area contributed by atoms with Crippen LogP contribution in [0.2, 0.25) is 0 Å². The zero-order valence-electron chi connectivity index (χ0n) is 19.3. The zero-order chi connectivity index (χ0) is 22.7. The molecule has 0 bridgehead atoms. The Morgan fingerprint density at radius 3 is 2.26 bits per heavy atom. The molecular formula is C33H22N2. The predicted octanol–water partition coefficient (Wildman–Crippen LogP) is 7.50. The Hall–Kier alpha value is -4.17. The number of benzene rings is 4. The van der Waals surface area contributed by atoms with Crippen LogP contribution in [0.5, 0.6) is 0 Å². The minimum absolute atomic E-state index is 0.956. The van der Waals surface area contributed by atoms with Crippen LogP contribution in [0, 0.1) is 0 Å². The minimum Gasteiger partial charge on any atom is -0.294 e. The molecule has 0 saturated carbocycles. The van der Waals surface area contributed by atoms with Gasteiger partial charge in [0.25, 0.3) is 0 Å². The number of hydrogen-bond acceptors (Lipinski definition) is 2. The van der Waals surface area contributed by atoms with Crippen molar-refractivity contribution in [2.24, 2.45) is 0 Å². The van der Waals surface area contributed by atoms with Gasteiger partial charge in [-0.3, -0.25) is 4.90 Å². The number of rotatable bonds is 0. The Labute approximate surface area is 204 Å². The molecule has 2 aliphatic carbocycles. The van der Waals surface area contributed by atoms with Gasteiger partial charge in [-0.15, -0.1) is 0 Å². The lowest BCUT2D eigenvalue weighted by molar-refractivity contribution is 0.978. The van der Waals surface area contributed by atoms with Crippen molar-refractivity contribution in [1.82, 2.24) is 4.98 Å². The van der Waals surface area contributed by atoms with Crippen LogP contribution in [-0.4, -0.2) is 4.98 Å². The highest BCUT2D eigenvalue weighted by Gasteiger charge is 2.37. The highest BCUT2D eigenvalue weighted by Crippen LogP contribution is 2.55. The summed E-state index contributed by atoms with van der Waals surface area (Å²) in [5.74, 6) is 1.09. The standard InChI is InChI=1S/C33H22N2/c1-3-9-26-19(6-1)12-22-18-28-23(17-27(22)26)14-24-15-25-13-21-8-5-11-34-33(21)35-30-10-4-2-7-20(30)16-29(31(24)28)32(25)35/h1-11,15,17-18H,12-14,16H2. The summed E-state index contributed by atoms with van der Waals surface area (Å²) in [7, 11) is 0. The summed E-state index contributed by atoms with van der Waals surface area (Å²) in [4.78, 5) is 7.33. The Kier molecular flexibility index (Phi) is 3.27. The number of aromatic nitrogens is 1. The first-order valence-electron chi connectivity index (χ1n) is 12.6. The fraction of sp³-hybridized carbons (Fsp3) is 0.121. The molecule has 4 aromatic carbocycles. The molecule has 2 aliphatic heterocycles. The molecular weight excluding hydrogens is 424 g/mol. The summed E-state index contributed by atoms with van der Waals surface area (Å²) < 4.78 is 0. The van der Waals surface area contributed by atoms with Crippen molar-refractivity contribution in [2.45, 2.75) is 25.7 Å². The Morgan fingerprint density at radius 2 is 1.29 bits per heavy atom. The molecule has 2 nitrogen and oxygen atoms in total. The van der Waals surface area contributed by atoms with Crippen LogP contribution < -0.4 is 4.90 Å². The number of hydrogen-bond donors (Lipinski definition) is 0. The van der Waals surface area contributed by atoms with Crippen molar-refractivity contribution in [3.63, 3.8) is 0 Å². The van der Waals surface area contributed by atoms with Crippen molar-refractivity contribution in [1.29, 1.82) is 0 Å². The number of nitrogens with zero attached hydrogens (tertiary/aromatic N) is 2. The first-order valence-corrected chi connectivity index (χ1v) is 12.6. The van der Waals surface area contributed by atoms with E-state index >= 15 is 0 Å². The molecule has 3 heterocycles.